The van der Waals surface area contributed by atoms with Crippen molar-refractivity contribution in [3.05, 3.63) is 70.4 Å². The normalized spacial score (nSPS) is 20.7. The molecule has 2 saturated heterocycles. The fraction of sp³-hybridized carbons (Fsp3) is 0.464. The third kappa shape index (κ3) is 4.84. The van der Waals surface area contributed by atoms with Crippen LogP contribution in [0.5, 0.6) is 0 Å². The summed E-state index contributed by atoms with van der Waals surface area (Å²) in [6.45, 7) is 2.53. The Bertz CT molecular complexity index is 1490. The maximum Gasteiger partial charge on any atom is 0.433 e. The van der Waals surface area contributed by atoms with E-state index >= 15 is 0 Å². The van der Waals surface area contributed by atoms with Gasteiger partial charge in [0.2, 0.25) is 0 Å². The number of nitrogens with zero attached hydrogens (tertiary/aromatic N) is 7. The molecule has 2 fully saturated rings. The first-order chi connectivity index (χ1) is 19.1. The lowest BCUT2D eigenvalue weighted by molar-refractivity contribution is -0.141. The highest BCUT2D eigenvalue weighted by atomic mass is 19.4. The van der Waals surface area contributed by atoms with Gasteiger partial charge in [-0.2, -0.15) is 18.4 Å². The van der Waals surface area contributed by atoms with Gasteiger partial charge in [0, 0.05) is 37.5 Å². The standard InChI is InChI=1S/C28H28F3N7O2/c1-36-17-33-35-25(36)10-27(15-40-16-27)21-5-4-20-14-38(26(39)22(20)9-21)24-8-19(7-23(34-24)28(29,30)31)13-37-6-2-3-18(11-32)12-37/h4-5,7-9,17-18H,2-3,6,10,12-16H2,1H3. The number of fused-ring (bicyclic) bond motifs is 1. The van der Waals surface area contributed by atoms with Gasteiger partial charge < -0.3 is 9.30 Å². The van der Waals surface area contributed by atoms with Crippen molar-refractivity contribution in [2.75, 3.05) is 31.2 Å². The molecule has 0 radical (unpaired) electrons. The van der Waals surface area contributed by atoms with Crippen molar-refractivity contribution in [2.45, 2.75) is 43.9 Å². The van der Waals surface area contributed by atoms with Crippen molar-refractivity contribution in [2.24, 2.45) is 13.0 Å². The Morgan fingerprint density at radius 2 is 2.05 bits per heavy atom. The number of pyridine rings is 1. The van der Waals surface area contributed by atoms with Gasteiger partial charge in [-0.3, -0.25) is 14.6 Å². The predicted molar refractivity (Wildman–Crippen MR) is 137 cm³/mol. The largest absolute Gasteiger partial charge is 0.433 e. The molecule has 1 aromatic carbocycles. The van der Waals surface area contributed by atoms with Gasteiger partial charge >= 0.3 is 6.18 Å². The predicted octanol–water partition coefficient (Wildman–Crippen LogP) is 3.64. The minimum Gasteiger partial charge on any atom is -0.379 e. The van der Waals surface area contributed by atoms with Crippen molar-refractivity contribution in [1.82, 2.24) is 24.6 Å². The van der Waals surface area contributed by atoms with Crippen molar-refractivity contribution in [3.63, 3.8) is 0 Å². The van der Waals surface area contributed by atoms with Crippen LogP contribution in [0.3, 0.4) is 0 Å². The van der Waals surface area contributed by atoms with Gasteiger partial charge in [-0.05, 0) is 54.3 Å². The van der Waals surface area contributed by atoms with E-state index in [1.807, 2.05) is 34.7 Å². The molecule has 3 aliphatic rings. The minimum atomic E-state index is -4.67. The molecule has 6 rings (SSSR count). The van der Waals surface area contributed by atoms with Crippen LogP contribution >= 0.6 is 0 Å². The summed E-state index contributed by atoms with van der Waals surface area (Å²) in [7, 11) is 1.87. The first kappa shape index (κ1) is 26.4. The molecule has 2 aromatic heterocycles. The average molecular weight is 552 g/mol. The third-order valence-corrected chi connectivity index (χ3v) is 8.12. The number of hydrogen-bond acceptors (Lipinski definition) is 7. The Hall–Kier alpha value is -3.82. The van der Waals surface area contributed by atoms with E-state index in [0.29, 0.717) is 43.9 Å². The second-order valence-electron chi connectivity index (χ2n) is 11.0. The number of amides is 1. The number of hydrogen-bond donors (Lipinski definition) is 0. The van der Waals surface area contributed by atoms with Gasteiger partial charge in [0.25, 0.3) is 5.91 Å². The van der Waals surface area contributed by atoms with E-state index in [0.717, 1.165) is 35.9 Å². The van der Waals surface area contributed by atoms with Crippen molar-refractivity contribution < 1.29 is 22.7 Å². The Labute approximate surface area is 229 Å². The van der Waals surface area contributed by atoms with Crippen molar-refractivity contribution in [3.8, 4) is 6.07 Å². The zero-order valence-electron chi connectivity index (χ0n) is 22.0. The fourth-order valence-electron chi connectivity index (χ4n) is 5.81. The van der Waals surface area contributed by atoms with Crippen LogP contribution in [0.25, 0.3) is 0 Å². The smallest absolute Gasteiger partial charge is 0.379 e. The molecular weight excluding hydrogens is 523 g/mol. The Balaban J connectivity index is 1.29. The van der Waals surface area contributed by atoms with E-state index in [4.69, 9.17) is 4.74 Å². The van der Waals surface area contributed by atoms with Gasteiger partial charge in [-0.1, -0.05) is 12.1 Å². The molecule has 1 unspecified atom stereocenters. The van der Waals surface area contributed by atoms with Gasteiger partial charge in [-0.15, -0.1) is 10.2 Å². The number of likely N-dealkylation sites (tertiary alicyclic amines) is 1. The number of aromatic nitrogens is 4. The molecule has 0 bridgehead atoms. The topological polar surface area (TPSA) is 100 Å². The lowest BCUT2D eigenvalue weighted by Gasteiger charge is -2.41. The summed E-state index contributed by atoms with van der Waals surface area (Å²) < 4.78 is 49.0. The fourth-order valence-corrected chi connectivity index (χ4v) is 5.81. The van der Waals surface area contributed by atoms with Crippen molar-refractivity contribution in [1.29, 1.82) is 5.26 Å². The zero-order valence-corrected chi connectivity index (χ0v) is 22.0. The molecule has 1 amide bonds. The highest BCUT2D eigenvalue weighted by Crippen LogP contribution is 2.39. The van der Waals surface area contributed by atoms with Crippen LogP contribution in [0.1, 0.15) is 51.4 Å². The van der Waals surface area contributed by atoms with Crippen LogP contribution < -0.4 is 4.90 Å². The first-order valence-electron chi connectivity index (χ1n) is 13.2. The molecule has 5 heterocycles. The van der Waals surface area contributed by atoms with Crippen LogP contribution in [0, 0.1) is 17.2 Å². The quantitative estimate of drug-likeness (QED) is 0.461. The van der Waals surface area contributed by atoms with E-state index in [1.54, 1.807) is 12.4 Å². The second-order valence-corrected chi connectivity index (χ2v) is 11.0. The van der Waals surface area contributed by atoms with E-state index in [9.17, 15) is 23.2 Å². The highest BCUT2D eigenvalue weighted by molar-refractivity contribution is 6.09. The molecule has 0 saturated carbocycles. The summed E-state index contributed by atoms with van der Waals surface area (Å²) in [5.74, 6) is 0.250. The number of piperidine rings is 1. The van der Waals surface area contributed by atoms with Gasteiger partial charge in [0.15, 0.2) is 0 Å². The molecule has 12 heteroatoms. The summed E-state index contributed by atoms with van der Waals surface area (Å²) in [5, 5.41) is 17.5. The van der Waals surface area contributed by atoms with E-state index in [1.165, 1.54) is 4.90 Å². The number of benzene rings is 1. The summed E-state index contributed by atoms with van der Waals surface area (Å²) in [5.41, 5.74) is 1.13. The second kappa shape index (κ2) is 9.98. The molecule has 9 nitrogen and oxygen atoms in total. The minimum absolute atomic E-state index is 0.0257. The maximum absolute atomic E-state index is 13.9. The number of aryl methyl sites for hydroxylation is 1. The van der Waals surface area contributed by atoms with Crippen LogP contribution in [0.4, 0.5) is 19.0 Å². The van der Waals surface area contributed by atoms with Crippen LogP contribution in [-0.4, -0.2) is 56.9 Å². The summed E-state index contributed by atoms with van der Waals surface area (Å²) in [6, 6.07) is 10.5. The van der Waals surface area contributed by atoms with E-state index in [-0.39, 0.29) is 36.1 Å². The summed E-state index contributed by atoms with van der Waals surface area (Å²) in [6.07, 6.45) is -0.844. The highest BCUT2D eigenvalue weighted by Gasteiger charge is 2.43. The molecule has 208 valence electrons. The third-order valence-electron chi connectivity index (χ3n) is 8.12. The van der Waals surface area contributed by atoms with Crippen molar-refractivity contribution >= 4 is 11.7 Å². The molecule has 0 N–H and O–H groups in total. The monoisotopic (exact) mass is 551 g/mol. The maximum atomic E-state index is 13.9. The Morgan fingerprint density at radius 1 is 1.23 bits per heavy atom. The Morgan fingerprint density at radius 3 is 2.73 bits per heavy atom. The average Bonchev–Trinajstić information content (AvgIpc) is 3.47. The molecular formula is C28H28F3N7O2. The first-order valence-corrected chi connectivity index (χ1v) is 13.2. The molecule has 3 aliphatic heterocycles. The Kier molecular flexibility index (Phi) is 6.59. The van der Waals surface area contributed by atoms with Crippen LogP contribution in [0.15, 0.2) is 36.7 Å². The van der Waals surface area contributed by atoms with Gasteiger partial charge in [0.05, 0.1) is 31.7 Å². The molecule has 40 heavy (non-hydrogen) atoms. The number of carbonyl (C=O) groups excluding carboxylic acids is 1. The van der Waals surface area contributed by atoms with E-state index in [2.05, 4.69) is 21.3 Å². The van der Waals surface area contributed by atoms with Gasteiger partial charge in [0.1, 0.15) is 23.7 Å². The molecule has 0 spiro atoms. The molecule has 1 atom stereocenters. The number of rotatable bonds is 6. The zero-order chi connectivity index (χ0) is 28.1. The molecule has 0 aliphatic carbocycles. The van der Waals surface area contributed by atoms with Gasteiger partial charge in [-0.25, -0.2) is 4.98 Å². The number of halogens is 3. The van der Waals surface area contributed by atoms with Crippen LogP contribution in [-0.2, 0) is 42.9 Å². The lowest BCUT2D eigenvalue weighted by Crippen LogP contribution is -2.49. The summed E-state index contributed by atoms with van der Waals surface area (Å²) >= 11 is 0. The number of anilines is 1. The number of carbonyl (C=O) groups is 1. The molecule has 3 aromatic rings. The number of nitriles is 1. The lowest BCUT2D eigenvalue weighted by atomic mass is 9.75. The number of ether oxygens (including phenoxy) is 1. The summed E-state index contributed by atoms with van der Waals surface area (Å²) in [4.78, 5) is 20.8. The van der Waals surface area contributed by atoms with Crippen LogP contribution in [0.2, 0.25) is 0 Å². The number of alkyl halides is 3. The van der Waals surface area contributed by atoms with E-state index < -0.39 is 11.9 Å². The SMILES string of the molecule is Cn1cnnc1CC1(c2ccc3c(c2)C(=O)N(c2cc(CN4CCCC(C#N)C4)cc(C(F)(F)F)n2)C3)COC1.